The number of aromatic nitrogens is 1. The predicted octanol–water partition coefficient (Wildman–Crippen LogP) is 3.16. The van der Waals surface area contributed by atoms with E-state index >= 15 is 0 Å². The van der Waals surface area contributed by atoms with Crippen LogP contribution in [0.2, 0.25) is 0 Å². The third-order valence-electron chi connectivity index (χ3n) is 3.38. The number of hydrogen-bond donors (Lipinski definition) is 1. The maximum Gasteiger partial charge on any atom is 0.181 e. The Hall–Kier alpha value is -1.81. The van der Waals surface area contributed by atoms with Crippen molar-refractivity contribution < 1.29 is 9.15 Å². The van der Waals surface area contributed by atoms with Crippen molar-refractivity contribution in [3.05, 3.63) is 35.9 Å². The van der Waals surface area contributed by atoms with Crippen molar-refractivity contribution in [2.75, 3.05) is 6.61 Å². The number of hydrogen-bond acceptors (Lipinski definition) is 4. The third-order valence-corrected chi connectivity index (χ3v) is 3.38. The van der Waals surface area contributed by atoms with Crippen molar-refractivity contribution in [1.82, 2.24) is 10.3 Å². The van der Waals surface area contributed by atoms with Crippen molar-refractivity contribution in [1.29, 1.82) is 0 Å². The maximum absolute atomic E-state index is 5.58. The predicted molar refractivity (Wildman–Crippen MR) is 77.7 cm³/mol. The molecule has 4 nitrogen and oxygen atoms in total. The van der Waals surface area contributed by atoms with Gasteiger partial charge in [0.05, 0.1) is 6.61 Å². The fourth-order valence-electron chi connectivity index (χ4n) is 2.31. The summed E-state index contributed by atoms with van der Waals surface area (Å²) < 4.78 is 11.1. The Bertz CT molecular complexity index is 611. The lowest BCUT2D eigenvalue weighted by atomic mass is 10.0. The summed E-state index contributed by atoms with van der Waals surface area (Å²) in [6, 6.07) is 6.19. The molecule has 3 rings (SSSR count). The molecule has 0 radical (unpaired) electrons. The van der Waals surface area contributed by atoms with Crippen LogP contribution in [-0.4, -0.2) is 17.1 Å². The number of nitrogens with one attached hydrogen (secondary N) is 1. The quantitative estimate of drug-likeness (QED) is 0.932. The van der Waals surface area contributed by atoms with Crippen molar-refractivity contribution in [3.63, 3.8) is 0 Å². The first-order valence-corrected chi connectivity index (χ1v) is 6.96. The molecule has 0 spiro atoms. The summed E-state index contributed by atoms with van der Waals surface area (Å²) in [4.78, 5) is 4.33. The van der Waals surface area contributed by atoms with Crippen molar-refractivity contribution in [3.8, 4) is 17.1 Å². The number of oxazole rings is 1. The van der Waals surface area contributed by atoms with Crippen LogP contribution in [-0.2, 0) is 13.0 Å². The highest BCUT2D eigenvalue weighted by Gasteiger charge is 2.18. The fraction of sp³-hybridized carbons (Fsp3) is 0.438. The Morgan fingerprint density at radius 3 is 2.95 bits per heavy atom. The number of fused-ring (bicyclic) bond motifs is 1. The number of nitrogens with zero attached hydrogens (tertiary/aromatic N) is 1. The minimum Gasteiger partial charge on any atom is -0.493 e. The summed E-state index contributed by atoms with van der Waals surface area (Å²) in [6.07, 6.45) is 2.48. The standard InChI is InChI=1S/C16H20N2O2/c1-16(2,3)18-9-13-15(20-10-17-13)12-4-5-14-11(8-12)6-7-19-14/h4-5,8,10,18H,6-7,9H2,1-3H3. The van der Waals surface area contributed by atoms with Crippen LogP contribution < -0.4 is 10.1 Å². The molecule has 20 heavy (non-hydrogen) atoms. The van der Waals surface area contributed by atoms with Gasteiger partial charge in [-0.2, -0.15) is 0 Å². The average molecular weight is 272 g/mol. The first kappa shape index (κ1) is 13.2. The Morgan fingerprint density at radius 2 is 2.15 bits per heavy atom. The molecule has 0 saturated heterocycles. The van der Waals surface area contributed by atoms with E-state index in [9.17, 15) is 0 Å². The van der Waals surface area contributed by atoms with Gasteiger partial charge in [0, 0.05) is 24.1 Å². The molecule has 0 amide bonds. The Kier molecular flexibility index (Phi) is 3.26. The van der Waals surface area contributed by atoms with Crippen LogP contribution in [0.25, 0.3) is 11.3 Å². The zero-order valence-corrected chi connectivity index (χ0v) is 12.2. The molecule has 2 heterocycles. The summed E-state index contributed by atoms with van der Waals surface area (Å²) in [7, 11) is 0. The van der Waals surface area contributed by atoms with E-state index < -0.39 is 0 Å². The van der Waals surface area contributed by atoms with Crippen LogP contribution in [0.3, 0.4) is 0 Å². The molecule has 1 N–H and O–H groups in total. The molecule has 4 heteroatoms. The van der Waals surface area contributed by atoms with Crippen molar-refractivity contribution in [2.45, 2.75) is 39.3 Å². The highest BCUT2D eigenvalue weighted by Crippen LogP contribution is 2.31. The van der Waals surface area contributed by atoms with Gasteiger partial charge in [-0.25, -0.2) is 4.98 Å². The van der Waals surface area contributed by atoms with Crippen LogP contribution in [0.4, 0.5) is 0 Å². The van der Waals surface area contributed by atoms with Gasteiger partial charge in [-0.3, -0.25) is 0 Å². The number of benzene rings is 1. The minimum absolute atomic E-state index is 0.0575. The topological polar surface area (TPSA) is 47.3 Å². The monoisotopic (exact) mass is 272 g/mol. The lowest BCUT2D eigenvalue weighted by Crippen LogP contribution is -2.35. The molecule has 0 unspecified atom stereocenters. The smallest absolute Gasteiger partial charge is 0.181 e. The van der Waals surface area contributed by atoms with Crippen LogP contribution in [0.1, 0.15) is 32.0 Å². The molecule has 0 aliphatic carbocycles. The van der Waals surface area contributed by atoms with Gasteiger partial charge in [0.25, 0.3) is 0 Å². The van der Waals surface area contributed by atoms with E-state index in [1.54, 1.807) is 0 Å². The van der Waals surface area contributed by atoms with Crippen LogP contribution in [0.5, 0.6) is 5.75 Å². The highest BCUT2D eigenvalue weighted by atomic mass is 16.5. The lowest BCUT2D eigenvalue weighted by Gasteiger charge is -2.19. The molecule has 1 aromatic carbocycles. The molecule has 0 fully saturated rings. The van der Waals surface area contributed by atoms with Crippen molar-refractivity contribution >= 4 is 0 Å². The molecule has 0 saturated carbocycles. The summed E-state index contributed by atoms with van der Waals surface area (Å²) in [6.45, 7) is 7.88. The first-order valence-electron chi connectivity index (χ1n) is 6.96. The van der Waals surface area contributed by atoms with Gasteiger partial charge in [0.2, 0.25) is 0 Å². The molecule has 1 aliphatic rings. The molecule has 106 valence electrons. The molecule has 1 aromatic heterocycles. The number of rotatable bonds is 3. The Morgan fingerprint density at radius 1 is 1.30 bits per heavy atom. The third kappa shape index (κ3) is 2.70. The van der Waals surface area contributed by atoms with Gasteiger partial charge in [0.1, 0.15) is 11.4 Å². The van der Waals surface area contributed by atoms with Gasteiger partial charge in [-0.15, -0.1) is 0 Å². The minimum atomic E-state index is 0.0575. The lowest BCUT2D eigenvalue weighted by molar-refractivity contribution is 0.357. The fourth-order valence-corrected chi connectivity index (χ4v) is 2.31. The summed E-state index contributed by atoms with van der Waals surface area (Å²) in [5.41, 5.74) is 3.31. The summed E-state index contributed by atoms with van der Waals surface area (Å²) in [5.74, 6) is 1.83. The maximum atomic E-state index is 5.58. The summed E-state index contributed by atoms with van der Waals surface area (Å²) >= 11 is 0. The van der Waals surface area contributed by atoms with Crippen LogP contribution >= 0.6 is 0 Å². The van der Waals surface area contributed by atoms with Gasteiger partial charge < -0.3 is 14.5 Å². The largest absolute Gasteiger partial charge is 0.493 e. The molecule has 1 aliphatic heterocycles. The molecule has 0 bridgehead atoms. The zero-order valence-electron chi connectivity index (χ0n) is 12.2. The van der Waals surface area contributed by atoms with E-state index in [1.807, 2.05) is 12.1 Å². The molecular weight excluding hydrogens is 252 g/mol. The SMILES string of the molecule is CC(C)(C)NCc1ncoc1-c1ccc2c(c1)CCO2. The molecule has 2 aromatic rings. The van der Waals surface area contributed by atoms with E-state index in [-0.39, 0.29) is 5.54 Å². The van der Waals surface area contributed by atoms with E-state index in [2.05, 4.69) is 37.1 Å². The summed E-state index contributed by atoms with van der Waals surface area (Å²) in [5, 5.41) is 3.44. The van der Waals surface area contributed by atoms with Crippen molar-refractivity contribution in [2.24, 2.45) is 0 Å². The second kappa shape index (κ2) is 4.94. The van der Waals surface area contributed by atoms with Gasteiger partial charge >= 0.3 is 0 Å². The molecule has 0 atom stereocenters. The van der Waals surface area contributed by atoms with Gasteiger partial charge in [0.15, 0.2) is 12.2 Å². The van der Waals surface area contributed by atoms with Gasteiger partial charge in [-0.05, 0) is 44.5 Å². The Labute approximate surface area is 119 Å². The van der Waals surface area contributed by atoms with Crippen LogP contribution in [0.15, 0.2) is 29.0 Å². The highest BCUT2D eigenvalue weighted by molar-refractivity contribution is 5.63. The normalized spacial score (nSPS) is 14.2. The van der Waals surface area contributed by atoms with E-state index in [4.69, 9.17) is 9.15 Å². The molecular formula is C16H20N2O2. The van der Waals surface area contributed by atoms with Crippen LogP contribution in [0, 0.1) is 0 Å². The average Bonchev–Trinajstić information content (AvgIpc) is 3.03. The van der Waals surface area contributed by atoms with Gasteiger partial charge in [-0.1, -0.05) is 0 Å². The Balaban J connectivity index is 1.86. The van der Waals surface area contributed by atoms with E-state index in [0.717, 1.165) is 35.8 Å². The van der Waals surface area contributed by atoms with E-state index in [1.165, 1.54) is 12.0 Å². The second-order valence-corrected chi connectivity index (χ2v) is 6.15. The van der Waals surface area contributed by atoms with E-state index in [0.29, 0.717) is 6.54 Å². The second-order valence-electron chi connectivity index (χ2n) is 6.15. The first-order chi connectivity index (χ1) is 9.53. The zero-order chi connectivity index (χ0) is 14.2. The number of ether oxygens (including phenoxy) is 1.